The first-order valence-corrected chi connectivity index (χ1v) is 7.07. The monoisotopic (exact) mass is 252 g/mol. The fraction of sp³-hybridized carbons (Fsp3) is 0.800. The molecule has 0 aromatic heterocycles. The molecule has 2 rings (SSSR count). The predicted octanol–water partition coefficient (Wildman–Crippen LogP) is 3.29. The van der Waals surface area contributed by atoms with Crippen LogP contribution < -0.4 is 0 Å². The Morgan fingerprint density at radius 1 is 1.33 bits per heavy atom. The SMILES string of the molecule is C=CC(=O)OC(C)OC1CCC2CC(C)CC1C2. The van der Waals surface area contributed by atoms with Crippen molar-refractivity contribution < 1.29 is 14.3 Å². The lowest BCUT2D eigenvalue weighted by Crippen LogP contribution is -2.39. The van der Waals surface area contributed by atoms with Gasteiger partial charge < -0.3 is 9.47 Å². The van der Waals surface area contributed by atoms with Crippen LogP contribution in [0.3, 0.4) is 0 Å². The Labute approximate surface area is 110 Å². The first-order chi connectivity index (χ1) is 8.58. The van der Waals surface area contributed by atoms with Gasteiger partial charge >= 0.3 is 5.97 Å². The zero-order valence-electron chi connectivity index (χ0n) is 11.4. The van der Waals surface area contributed by atoms with Crippen molar-refractivity contribution in [2.45, 2.75) is 58.3 Å². The lowest BCUT2D eigenvalue weighted by atomic mass is 9.67. The van der Waals surface area contributed by atoms with E-state index in [2.05, 4.69) is 13.5 Å². The summed E-state index contributed by atoms with van der Waals surface area (Å²) >= 11 is 0. The molecule has 2 aliphatic carbocycles. The van der Waals surface area contributed by atoms with Gasteiger partial charge in [0.05, 0.1) is 6.10 Å². The maximum absolute atomic E-state index is 11.1. The number of fused-ring (bicyclic) bond motifs is 2. The Morgan fingerprint density at radius 2 is 2.11 bits per heavy atom. The maximum Gasteiger partial charge on any atom is 0.332 e. The molecule has 0 aromatic carbocycles. The number of carbonyl (C=O) groups excluding carboxylic acids is 1. The summed E-state index contributed by atoms with van der Waals surface area (Å²) in [5.74, 6) is 1.95. The second-order valence-electron chi connectivity index (χ2n) is 5.90. The molecule has 2 fully saturated rings. The molecular weight excluding hydrogens is 228 g/mol. The van der Waals surface area contributed by atoms with Crippen molar-refractivity contribution in [3.8, 4) is 0 Å². The highest BCUT2D eigenvalue weighted by Gasteiger charge is 2.37. The standard InChI is InChI=1S/C15H24O3/c1-4-15(16)18-11(3)17-14-6-5-12-7-10(2)8-13(14)9-12/h4,10-14H,1,5-9H2,2-3H3. The summed E-state index contributed by atoms with van der Waals surface area (Å²) in [4.78, 5) is 11.1. The summed E-state index contributed by atoms with van der Waals surface area (Å²) < 4.78 is 11.0. The summed E-state index contributed by atoms with van der Waals surface area (Å²) in [7, 11) is 0. The Kier molecular flexibility index (Phi) is 4.44. The number of carbonyl (C=O) groups is 1. The Hall–Kier alpha value is -0.830. The van der Waals surface area contributed by atoms with Crippen molar-refractivity contribution in [2.24, 2.45) is 17.8 Å². The maximum atomic E-state index is 11.1. The Morgan fingerprint density at radius 3 is 2.83 bits per heavy atom. The minimum atomic E-state index is -0.464. The van der Waals surface area contributed by atoms with Crippen molar-refractivity contribution >= 4 is 5.97 Å². The van der Waals surface area contributed by atoms with Crippen LogP contribution in [0.4, 0.5) is 0 Å². The van der Waals surface area contributed by atoms with Gasteiger partial charge in [-0.05, 0) is 56.8 Å². The van der Waals surface area contributed by atoms with Crippen LogP contribution in [0.15, 0.2) is 12.7 Å². The smallest absolute Gasteiger partial charge is 0.332 e. The van der Waals surface area contributed by atoms with Gasteiger partial charge in [0.2, 0.25) is 6.29 Å². The van der Waals surface area contributed by atoms with E-state index in [9.17, 15) is 4.79 Å². The number of hydrogen-bond acceptors (Lipinski definition) is 3. The predicted molar refractivity (Wildman–Crippen MR) is 69.9 cm³/mol. The van der Waals surface area contributed by atoms with E-state index in [1.807, 2.05) is 0 Å². The highest BCUT2D eigenvalue weighted by atomic mass is 16.7. The fourth-order valence-electron chi connectivity index (χ4n) is 3.64. The summed E-state index contributed by atoms with van der Waals surface area (Å²) in [5, 5.41) is 0. The molecule has 3 heteroatoms. The zero-order chi connectivity index (χ0) is 13.1. The van der Waals surface area contributed by atoms with Crippen molar-refractivity contribution in [1.29, 1.82) is 0 Å². The van der Waals surface area contributed by atoms with Crippen molar-refractivity contribution in [1.82, 2.24) is 0 Å². The molecule has 102 valence electrons. The molecule has 5 atom stereocenters. The van der Waals surface area contributed by atoms with Crippen LogP contribution in [0.1, 0.15) is 46.0 Å². The van der Waals surface area contributed by atoms with Crippen LogP contribution in [0.2, 0.25) is 0 Å². The molecule has 0 amide bonds. The largest absolute Gasteiger partial charge is 0.433 e. The van der Waals surface area contributed by atoms with Gasteiger partial charge in [-0.2, -0.15) is 0 Å². The normalized spacial score (nSPS) is 36.8. The minimum absolute atomic E-state index is 0.261. The van der Waals surface area contributed by atoms with E-state index in [4.69, 9.17) is 9.47 Å². The lowest BCUT2D eigenvalue weighted by Gasteiger charge is -2.43. The third-order valence-electron chi connectivity index (χ3n) is 4.28. The average molecular weight is 252 g/mol. The van der Waals surface area contributed by atoms with Crippen LogP contribution in [0, 0.1) is 17.8 Å². The van der Waals surface area contributed by atoms with Crippen LogP contribution in [-0.4, -0.2) is 18.4 Å². The molecule has 0 radical (unpaired) electrons. The summed E-state index contributed by atoms with van der Waals surface area (Å²) in [6.07, 6.45) is 7.27. The quantitative estimate of drug-likeness (QED) is 0.437. The highest BCUT2D eigenvalue weighted by molar-refractivity contribution is 5.81. The first-order valence-electron chi connectivity index (χ1n) is 7.07. The van der Waals surface area contributed by atoms with Crippen molar-refractivity contribution in [2.75, 3.05) is 0 Å². The summed E-state index contributed by atoms with van der Waals surface area (Å²) in [6, 6.07) is 0. The number of esters is 1. The van der Waals surface area contributed by atoms with Gasteiger partial charge in [0.1, 0.15) is 0 Å². The molecule has 2 saturated carbocycles. The van der Waals surface area contributed by atoms with Gasteiger partial charge in [0, 0.05) is 6.08 Å². The summed E-state index contributed by atoms with van der Waals surface area (Å²) in [6.45, 7) is 7.52. The molecule has 5 unspecified atom stereocenters. The zero-order valence-corrected chi connectivity index (χ0v) is 11.4. The molecule has 0 aromatic rings. The van der Waals surface area contributed by atoms with E-state index in [0.717, 1.165) is 18.3 Å². The number of ether oxygens (including phenoxy) is 2. The molecule has 0 N–H and O–H groups in total. The second kappa shape index (κ2) is 5.87. The molecule has 0 saturated heterocycles. The minimum Gasteiger partial charge on any atom is -0.433 e. The molecule has 3 nitrogen and oxygen atoms in total. The molecule has 0 heterocycles. The molecule has 0 aliphatic heterocycles. The van der Waals surface area contributed by atoms with E-state index in [0.29, 0.717) is 5.92 Å². The van der Waals surface area contributed by atoms with Gasteiger partial charge in [-0.25, -0.2) is 4.79 Å². The van der Waals surface area contributed by atoms with Crippen LogP contribution in [-0.2, 0) is 14.3 Å². The van der Waals surface area contributed by atoms with Gasteiger partial charge in [-0.1, -0.05) is 13.5 Å². The van der Waals surface area contributed by atoms with E-state index >= 15 is 0 Å². The van der Waals surface area contributed by atoms with E-state index in [-0.39, 0.29) is 6.10 Å². The van der Waals surface area contributed by atoms with Crippen LogP contribution in [0.5, 0.6) is 0 Å². The van der Waals surface area contributed by atoms with Crippen molar-refractivity contribution in [3.05, 3.63) is 12.7 Å². The van der Waals surface area contributed by atoms with Crippen molar-refractivity contribution in [3.63, 3.8) is 0 Å². The third-order valence-corrected chi connectivity index (χ3v) is 4.28. The molecular formula is C15H24O3. The van der Waals surface area contributed by atoms with Gasteiger partial charge in [-0.15, -0.1) is 0 Å². The molecule has 18 heavy (non-hydrogen) atoms. The topological polar surface area (TPSA) is 35.5 Å². The van der Waals surface area contributed by atoms with Crippen LogP contribution >= 0.6 is 0 Å². The molecule has 2 aliphatic rings. The van der Waals surface area contributed by atoms with Gasteiger partial charge in [-0.3, -0.25) is 0 Å². The second-order valence-corrected chi connectivity index (χ2v) is 5.90. The van der Waals surface area contributed by atoms with E-state index < -0.39 is 12.3 Å². The van der Waals surface area contributed by atoms with E-state index in [1.165, 1.54) is 31.8 Å². The highest BCUT2D eigenvalue weighted by Crippen LogP contribution is 2.43. The fourth-order valence-corrected chi connectivity index (χ4v) is 3.64. The molecule has 2 bridgehead atoms. The van der Waals surface area contributed by atoms with Crippen LogP contribution in [0.25, 0.3) is 0 Å². The van der Waals surface area contributed by atoms with Gasteiger partial charge in [0.15, 0.2) is 0 Å². The molecule has 0 spiro atoms. The lowest BCUT2D eigenvalue weighted by molar-refractivity contribution is -0.193. The summed E-state index contributed by atoms with van der Waals surface area (Å²) in [5.41, 5.74) is 0. The first kappa shape index (κ1) is 13.6. The average Bonchev–Trinajstić information content (AvgIpc) is 2.32. The van der Waals surface area contributed by atoms with Gasteiger partial charge in [0.25, 0.3) is 0 Å². The Bertz CT molecular complexity index is 311. The Balaban J connectivity index is 1.85. The third kappa shape index (κ3) is 3.35. The number of rotatable bonds is 4. The number of hydrogen-bond donors (Lipinski definition) is 0. The van der Waals surface area contributed by atoms with E-state index in [1.54, 1.807) is 6.92 Å².